The predicted molar refractivity (Wildman–Crippen MR) is 97.8 cm³/mol. The second-order valence-electron chi connectivity index (χ2n) is 7.59. The molecule has 1 amide bonds. The molecule has 7 heteroatoms. The second-order valence-corrected chi connectivity index (χ2v) is 9.55. The van der Waals surface area contributed by atoms with Crippen LogP contribution in [0.5, 0.6) is 0 Å². The summed E-state index contributed by atoms with van der Waals surface area (Å²) >= 11 is 0. The number of hydrogen-bond donors (Lipinski definition) is 1. The van der Waals surface area contributed by atoms with E-state index in [4.69, 9.17) is 4.74 Å². The van der Waals surface area contributed by atoms with Crippen LogP contribution in [0.2, 0.25) is 0 Å². The number of ether oxygens (including phenoxy) is 1. The molecule has 2 rings (SSSR count). The molecule has 1 heterocycles. The van der Waals surface area contributed by atoms with Gasteiger partial charge in [-0.05, 0) is 46.1 Å². The van der Waals surface area contributed by atoms with E-state index in [2.05, 4.69) is 5.32 Å². The molecule has 140 valence electrons. The number of sulfonamides is 1. The first kappa shape index (κ1) is 19.7. The first-order valence-corrected chi connectivity index (χ1v) is 10.2. The van der Waals surface area contributed by atoms with Gasteiger partial charge in [0, 0.05) is 19.1 Å². The zero-order valence-corrected chi connectivity index (χ0v) is 16.2. The van der Waals surface area contributed by atoms with Crippen LogP contribution in [0.4, 0.5) is 4.79 Å². The standard InChI is InChI=1S/C18H28N2O4S/c1-14-7-9-15(10-8-14)13-25(22,23)20-11-5-6-16(12-20)19-17(21)24-18(2,3)4/h7-10,16H,5-6,11-13H2,1-4H3,(H,19,21)/t16-/m0/s1. The van der Waals surface area contributed by atoms with Crippen molar-refractivity contribution in [3.8, 4) is 0 Å². The zero-order chi connectivity index (χ0) is 18.7. The minimum Gasteiger partial charge on any atom is -0.444 e. The Balaban J connectivity index is 1.97. The maximum absolute atomic E-state index is 12.7. The highest BCUT2D eigenvalue weighted by atomic mass is 32.2. The van der Waals surface area contributed by atoms with Gasteiger partial charge in [-0.25, -0.2) is 13.2 Å². The highest BCUT2D eigenvalue weighted by Gasteiger charge is 2.30. The molecule has 0 spiro atoms. The smallest absolute Gasteiger partial charge is 0.407 e. The van der Waals surface area contributed by atoms with Crippen LogP contribution in [0, 0.1) is 6.92 Å². The molecule has 0 radical (unpaired) electrons. The number of benzene rings is 1. The van der Waals surface area contributed by atoms with Crippen molar-refractivity contribution in [1.29, 1.82) is 0 Å². The van der Waals surface area contributed by atoms with Crippen LogP contribution >= 0.6 is 0 Å². The molecule has 0 unspecified atom stereocenters. The van der Waals surface area contributed by atoms with E-state index in [1.165, 1.54) is 4.31 Å². The molecular weight excluding hydrogens is 340 g/mol. The van der Waals surface area contributed by atoms with Crippen LogP contribution in [-0.2, 0) is 20.5 Å². The maximum atomic E-state index is 12.7. The molecule has 0 bridgehead atoms. The average Bonchev–Trinajstić information content (AvgIpc) is 2.48. The third-order valence-corrected chi connectivity index (χ3v) is 5.78. The fourth-order valence-corrected chi connectivity index (χ4v) is 4.38. The van der Waals surface area contributed by atoms with Crippen LogP contribution in [0.1, 0.15) is 44.7 Å². The molecule has 0 aliphatic carbocycles. The number of aryl methyl sites for hydroxylation is 1. The summed E-state index contributed by atoms with van der Waals surface area (Å²) in [6.07, 6.45) is 0.957. The lowest BCUT2D eigenvalue weighted by Crippen LogP contribution is -2.50. The molecular formula is C18H28N2O4S. The molecule has 6 nitrogen and oxygen atoms in total. The van der Waals surface area contributed by atoms with E-state index >= 15 is 0 Å². The Morgan fingerprint density at radius 2 is 1.92 bits per heavy atom. The lowest BCUT2D eigenvalue weighted by Gasteiger charge is -2.32. The highest BCUT2D eigenvalue weighted by molar-refractivity contribution is 7.88. The molecule has 1 N–H and O–H groups in total. The maximum Gasteiger partial charge on any atom is 0.407 e. The zero-order valence-electron chi connectivity index (χ0n) is 15.4. The third kappa shape index (κ3) is 6.32. The van der Waals surface area contributed by atoms with Gasteiger partial charge in [0.2, 0.25) is 10.0 Å². The van der Waals surface area contributed by atoms with Crippen LogP contribution in [0.15, 0.2) is 24.3 Å². The third-order valence-electron chi connectivity index (χ3n) is 3.97. The van der Waals surface area contributed by atoms with Crippen LogP contribution in [0.25, 0.3) is 0 Å². The summed E-state index contributed by atoms with van der Waals surface area (Å²) in [5.41, 5.74) is 1.30. The molecule has 1 aromatic rings. The Bertz CT molecular complexity index is 693. The van der Waals surface area contributed by atoms with Gasteiger partial charge in [0.25, 0.3) is 0 Å². The monoisotopic (exact) mass is 368 g/mol. The van der Waals surface area contributed by atoms with Crippen molar-refractivity contribution < 1.29 is 17.9 Å². The van der Waals surface area contributed by atoms with Gasteiger partial charge in [-0.2, -0.15) is 4.31 Å². The van der Waals surface area contributed by atoms with Crippen LogP contribution in [-0.4, -0.2) is 43.5 Å². The predicted octanol–water partition coefficient (Wildman–Crippen LogP) is 2.81. The fraction of sp³-hybridized carbons (Fsp3) is 0.611. The Labute approximate surface area is 150 Å². The minimum absolute atomic E-state index is 0.0214. The van der Waals surface area contributed by atoms with Crippen molar-refractivity contribution in [3.05, 3.63) is 35.4 Å². The molecule has 0 saturated carbocycles. The summed E-state index contributed by atoms with van der Waals surface area (Å²) in [6.45, 7) is 8.13. The fourth-order valence-electron chi connectivity index (χ4n) is 2.77. The Morgan fingerprint density at radius 3 is 2.52 bits per heavy atom. The van der Waals surface area contributed by atoms with E-state index in [0.717, 1.165) is 17.5 Å². The van der Waals surface area contributed by atoms with Crippen molar-refractivity contribution in [3.63, 3.8) is 0 Å². The van der Waals surface area contributed by atoms with Crippen molar-refractivity contribution in [1.82, 2.24) is 9.62 Å². The first-order chi connectivity index (χ1) is 11.5. The molecule has 0 aromatic heterocycles. The number of alkyl carbamates (subject to hydrolysis) is 1. The van der Waals surface area contributed by atoms with Crippen molar-refractivity contribution in [2.75, 3.05) is 13.1 Å². The van der Waals surface area contributed by atoms with Gasteiger partial charge in [0.05, 0.1) is 5.75 Å². The number of piperidine rings is 1. The van der Waals surface area contributed by atoms with E-state index in [1.807, 2.05) is 31.2 Å². The second kappa shape index (κ2) is 7.74. The Hall–Kier alpha value is -1.60. The average molecular weight is 368 g/mol. The van der Waals surface area contributed by atoms with Crippen molar-refractivity contribution >= 4 is 16.1 Å². The summed E-state index contributed by atoms with van der Waals surface area (Å²) < 4.78 is 32.1. The molecule has 1 aliphatic rings. The van der Waals surface area contributed by atoms with E-state index in [1.54, 1.807) is 20.8 Å². The van der Waals surface area contributed by atoms with Gasteiger partial charge >= 0.3 is 6.09 Å². The summed E-state index contributed by atoms with van der Waals surface area (Å²) in [5.74, 6) is -0.0214. The van der Waals surface area contributed by atoms with E-state index in [9.17, 15) is 13.2 Å². The van der Waals surface area contributed by atoms with E-state index in [0.29, 0.717) is 13.0 Å². The normalized spacial score (nSPS) is 19.4. The van der Waals surface area contributed by atoms with Gasteiger partial charge in [-0.1, -0.05) is 29.8 Å². The largest absolute Gasteiger partial charge is 0.444 e. The number of hydrogen-bond acceptors (Lipinski definition) is 4. The SMILES string of the molecule is Cc1ccc(CS(=O)(=O)N2CCC[C@H](NC(=O)OC(C)(C)C)C2)cc1. The summed E-state index contributed by atoms with van der Waals surface area (Å²) in [7, 11) is -3.41. The summed E-state index contributed by atoms with van der Waals surface area (Å²) in [6, 6.07) is 7.28. The molecule has 1 aromatic carbocycles. The highest BCUT2D eigenvalue weighted by Crippen LogP contribution is 2.18. The number of nitrogens with one attached hydrogen (secondary N) is 1. The van der Waals surface area contributed by atoms with E-state index in [-0.39, 0.29) is 18.3 Å². The number of carbonyl (C=O) groups excluding carboxylic acids is 1. The van der Waals surface area contributed by atoms with Gasteiger partial charge in [0.1, 0.15) is 5.60 Å². The van der Waals surface area contributed by atoms with Crippen molar-refractivity contribution in [2.45, 2.75) is 57.9 Å². The number of nitrogens with zero attached hydrogens (tertiary/aromatic N) is 1. The quantitative estimate of drug-likeness (QED) is 0.887. The summed E-state index contributed by atoms with van der Waals surface area (Å²) in [5, 5.41) is 2.78. The molecule has 1 fully saturated rings. The molecule has 25 heavy (non-hydrogen) atoms. The molecule has 1 aliphatic heterocycles. The van der Waals surface area contributed by atoms with Crippen molar-refractivity contribution in [2.24, 2.45) is 0 Å². The van der Waals surface area contributed by atoms with Gasteiger partial charge in [-0.15, -0.1) is 0 Å². The topological polar surface area (TPSA) is 75.7 Å². The van der Waals surface area contributed by atoms with Crippen LogP contribution in [0.3, 0.4) is 0 Å². The Morgan fingerprint density at radius 1 is 1.28 bits per heavy atom. The lowest BCUT2D eigenvalue weighted by molar-refractivity contribution is 0.0487. The first-order valence-electron chi connectivity index (χ1n) is 8.58. The van der Waals surface area contributed by atoms with Gasteiger partial charge in [-0.3, -0.25) is 0 Å². The Kier molecular flexibility index (Phi) is 6.11. The van der Waals surface area contributed by atoms with Gasteiger partial charge < -0.3 is 10.1 Å². The minimum atomic E-state index is -3.41. The van der Waals surface area contributed by atoms with Crippen LogP contribution < -0.4 is 5.32 Å². The number of amides is 1. The number of rotatable bonds is 4. The molecule has 1 saturated heterocycles. The number of carbonyl (C=O) groups is 1. The van der Waals surface area contributed by atoms with E-state index < -0.39 is 21.7 Å². The van der Waals surface area contributed by atoms with Gasteiger partial charge in [0.15, 0.2) is 0 Å². The molecule has 1 atom stereocenters. The lowest BCUT2D eigenvalue weighted by atomic mass is 10.1. The summed E-state index contributed by atoms with van der Waals surface area (Å²) in [4.78, 5) is 11.9.